The van der Waals surface area contributed by atoms with Crippen molar-refractivity contribution in [3.63, 3.8) is 0 Å². The molecule has 6 heteroatoms. The number of ketones is 1. The van der Waals surface area contributed by atoms with Crippen LogP contribution in [0.25, 0.3) is 10.9 Å². The number of hydrogen-bond donors (Lipinski definition) is 1. The van der Waals surface area contributed by atoms with E-state index in [0.29, 0.717) is 35.6 Å². The van der Waals surface area contributed by atoms with Crippen LogP contribution >= 0.6 is 0 Å². The smallest absolute Gasteiger partial charge is 0.166 e. The third-order valence-electron chi connectivity index (χ3n) is 5.00. The average molecular weight is 425 g/mol. The summed E-state index contributed by atoms with van der Waals surface area (Å²) in [4.78, 5) is 17.4. The van der Waals surface area contributed by atoms with Gasteiger partial charge in [-0.15, -0.1) is 0 Å². The zero-order chi connectivity index (χ0) is 21.7. The van der Waals surface area contributed by atoms with Gasteiger partial charge in [0, 0.05) is 40.7 Å². The summed E-state index contributed by atoms with van der Waals surface area (Å²) in [6.07, 6.45) is 4.54. The number of hydrogen-bond acceptors (Lipinski definition) is 5. The normalized spacial score (nSPS) is 12.0. The van der Waals surface area contributed by atoms with Crippen molar-refractivity contribution in [1.82, 2.24) is 4.98 Å². The number of rotatable bonds is 9. The second-order valence-electron chi connectivity index (χ2n) is 7.39. The number of aromatic nitrogens is 1. The lowest BCUT2D eigenvalue weighted by Gasteiger charge is -2.18. The third-order valence-corrected chi connectivity index (χ3v) is 5.74. The van der Waals surface area contributed by atoms with Crippen LogP contribution in [0.4, 0.5) is 11.4 Å². The van der Waals surface area contributed by atoms with Gasteiger partial charge in [0.1, 0.15) is 11.3 Å². The minimum Gasteiger partial charge on any atom is -0.490 e. The minimum atomic E-state index is -0.924. The van der Waals surface area contributed by atoms with E-state index in [2.05, 4.69) is 10.3 Å². The fourth-order valence-electron chi connectivity index (χ4n) is 3.43. The molecule has 1 heterocycles. The Bertz CT molecular complexity index is 1070. The largest absolute Gasteiger partial charge is 0.490 e. The molecule has 1 unspecified atom stereocenters. The van der Waals surface area contributed by atoms with Crippen LogP contribution in [0.5, 0.6) is 5.75 Å². The maximum atomic E-state index is 12.9. The monoisotopic (exact) mass is 424 g/mol. The van der Waals surface area contributed by atoms with E-state index in [4.69, 9.17) is 4.74 Å². The number of ether oxygens (including phenoxy) is 1. The van der Waals surface area contributed by atoms with E-state index < -0.39 is 10.8 Å². The van der Waals surface area contributed by atoms with E-state index in [-0.39, 0.29) is 5.78 Å². The molecular formula is C24H28N2O3S. The van der Waals surface area contributed by atoms with Crippen LogP contribution in [0.1, 0.15) is 41.3 Å². The summed E-state index contributed by atoms with van der Waals surface area (Å²) >= 11 is 0. The summed E-state index contributed by atoms with van der Waals surface area (Å²) in [6.45, 7) is 6.44. The molecule has 0 amide bonds. The second-order valence-corrected chi connectivity index (χ2v) is 8.94. The zero-order valence-corrected chi connectivity index (χ0v) is 18.8. The molecule has 0 saturated heterocycles. The van der Waals surface area contributed by atoms with Gasteiger partial charge in [-0.1, -0.05) is 37.3 Å². The lowest BCUT2D eigenvalue weighted by atomic mass is 10.0. The first-order valence-electron chi connectivity index (χ1n) is 10.1. The first-order chi connectivity index (χ1) is 14.4. The highest BCUT2D eigenvalue weighted by Gasteiger charge is 2.18. The Balaban J connectivity index is 2.13. The Morgan fingerprint density at radius 1 is 1.10 bits per heavy atom. The fraction of sp³-hybridized carbons (Fsp3) is 0.333. The van der Waals surface area contributed by atoms with Gasteiger partial charge in [0.2, 0.25) is 0 Å². The van der Waals surface area contributed by atoms with Crippen LogP contribution in [-0.2, 0) is 10.8 Å². The van der Waals surface area contributed by atoms with Crippen molar-refractivity contribution in [2.24, 2.45) is 0 Å². The Labute approximate surface area is 180 Å². The molecular weight excluding hydrogens is 396 g/mol. The average Bonchev–Trinajstić information content (AvgIpc) is 2.70. The summed E-state index contributed by atoms with van der Waals surface area (Å²) in [5.41, 5.74) is 5.21. The molecule has 0 aliphatic rings. The molecule has 3 rings (SSSR count). The number of para-hydroxylation sites is 2. The van der Waals surface area contributed by atoms with Gasteiger partial charge >= 0.3 is 0 Å². The summed E-state index contributed by atoms with van der Waals surface area (Å²) in [5, 5.41) is 4.36. The maximum absolute atomic E-state index is 12.9. The molecule has 1 N–H and O–H groups in total. The molecule has 0 saturated carbocycles. The van der Waals surface area contributed by atoms with Gasteiger partial charge in [0.15, 0.2) is 5.78 Å². The Morgan fingerprint density at radius 2 is 1.80 bits per heavy atom. The van der Waals surface area contributed by atoms with Gasteiger partial charge in [-0.25, -0.2) is 0 Å². The van der Waals surface area contributed by atoms with Gasteiger partial charge in [0.25, 0.3) is 0 Å². The predicted octanol–water partition coefficient (Wildman–Crippen LogP) is 5.34. The van der Waals surface area contributed by atoms with Gasteiger partial charge in [-0.2, -0.15) is 0 Å². The van der Waals surface area contributed by atoms with Crippen molar-refractivity contribution in [1.29, 1.82) is 0 Å². The van der Waals surface area contributed by atoms with E-state index in [9.17, 15) is 9.00 Å². The lowest BCUT2D eigenvalue weighted by Crippen LogP contribution is -2.09. The van der Waals surface area contributed by atoms with Crippen molar-refractivity contribution in [2.45, 2.75) is 33.6 Å². The van der Waals surface area contributed by atoms with Crippen LogP contribution < -0.4 is 10.1 Å². The van der Waals surface area contributed by atoms with Crippen LogP contribution in [0.3, 0.4) is 0 Å². The standard InChI is InChI=1S/C24H28N2O3S/c1-5-8-20(27)19-15-25-24-18(11-7-12-21(24)29-13-14-30(4)28)23(19)26-22-16(2)9-6-10-17(22)3/h6-7,9-12,15H,5,8,13-14H2,1-4H3,(H,25,26). The molecule has 0 bridgehead atoms. The molecule has 0 spiro atoms. The minimum absolute atomic E-state index is 0.0633. The van der Waals surface area contributed by atoms with Crippen molar-refractivity contribution >= 4 is 38.9 Å². The van der Waals surface area contributed by atoms with E-state index >= 15 is 0 Å². The number of anilines is 2. The number of carbonyl (C=O) groups excluding carboxylic acids is 1. The van der Waals surface area contributed by atoms with Crippen molar-refractivity contribution in [3.05, 3.63) is 59.3 Å². The van der Waals surface area contributed by atoms with Crippen LogP contribution in [-0.4, -0.2) is 33.6 Å². The van der Waals surface area contributed by atoms with Crippen LogP contribution in [0, 0.1) is 13.8 Å². The number of nitrogens with one attached hydrogen (secondary N) is 1. The number of pyridine rings is 1. The van der Waals surface area contributed by atoms with Gasteiger partial charge in [-0.05, 0) is 37.5 Å². The molecule has 0 aliphatic heterocycles. The first kappa shape index (κ1) is 22.0. The predicted molar refractivity (Wildman–Crippen MR) is 125 cm³/mol. The molecule has 1 atom stereocenters. The van der Waals surface area contributed by atoms with Crippen molar-refractivity contribution in [2.75, 3.05) is 23.9 Å². The van der Waals surface area contributed by atoms with Crippen LogP contribution in [0.2, 0.25) is 0 Å². The Morgan fingerprint density at radius 3 is 2.47 bits per heavy atom. The van der Waals surface area contributed by atoms with E-state index in [1.807, 2.05) is 57.2 Å². The molecule has 5 nitrogen and oxygen atoms in total. The molecule has 30 heavy (non-hydrogen) atoms. The molecule has 0 aliphatic carbocycles. The molecule has 0 radical (unpaired) electrons. The number of fused-ring (bicyclic) bond motifs is 1. The van der Waals surface area contributed by atoms with E-state index in [1.165, 1.54) is 0 Å². The highest BCUT2D eigenvalue weighted by Crippen LogP contribution is 2.35. The SMILES string of the molecule is CCCC(=O)c1cnc2c(OCCS(C)=O)cccc2c1Nc1c(C)cccc1C. The molecule has 158 valence electrons. The molecule has 3 aromatic rings. The summed E-state index contributed by atoms with van der Waals surface area (Å²) in [7, 11) is -0.924. The highest BCUT2D eigenvalue weighted by atomic mass is 32.2. The fourth-order valence-corrected chi connectivity index (χ4v) is 3.74. The molecule has 0 fully saturated rings. The van der Waals surface area contributed by atoms with Gasteiger partial charge in [0.05, 0.1) is 23.6 Å². The number of aryl methyl sites for hydroxylation is 2. The lowest BCUT2D eigenvalue weighted by molar-refractivity contribution is 0.0982. The number of Topliss-reactive ketones (excluding diaryl/α,β-unsaturated/α-hetero) is 1. The number of benzene rings is 2. The zero-order valence-electron chi connectivity index (χ0n) is 18.0. The van der Waals surface area contributed by atoms with Crippen molar-refractivity contribution < 1.29 is 13.7 Å². The van der Waals surface area contributed by atoms with Gasteiger partial charge in [-0.3, -0.25) is 14.0 Å². The van der Waals surface area contributed by atoms with Crippen molar-refractivity contribution in [3.8, 4) is 5.75 Å². The number of nitrogens with zero attached hydrogens (tertiary/aromatic N) is 1. The van der Waals surface area contributed by atoms with Gasteiger partial charge < -0.3 is 10.1 Å². The highest BCUT2D eigenvalue weighted by molar-refractivity contribution is 7.84. The van der Waals surface area contributed by atoms with E-state index in [0.717, 1.165) is 34.3 Å². The summed E-state index contributed by atoms with van der Waals surface area (Å²) in [5.74, 6) is 1.14. The molecule has 1 aromatic heterocycles. The number of carbonyl (C=O) groups is 1. The third kappa shape index (κ3) is 4.87. The molecule has 2 aromatic carbocycles. The first-order valence-corrected chi connectivity index (χ1v) is 11.9. The maximum Gasteiger partial charge on any atom is 0.166 e. The summed E-state index contributed by atoms with van der Waals surface area (Å²) < 4.78 is 17.2. The topological polar surface area (TPSA) is 68.3 Å². The second kappa shape index (κ2) is 9.85. The Kier molecular flexibility index (Phi) is 7.21. The Hall–Kier alpha value is -2.73. The quantitative estimate of drug-likeness (QED) is 0.470. The summed E-state index contributed by atoms with van der Waals surface area (Å²) in [6, 6.07) is 11.8. The van der Waals surface area contributed by atoms with E-state index in [1.54, 1.807) is 12.5 Å². The van der Waals surface area contributed by atoms with Crippen LogP contribution in [0.15, 0.2) is 42.6 Å².